The fourth-order valence-electron chi connectivity index (χ4n) is 5.26. The maximum atomic E-state index is 12.7. The predicted octanol–water partition coefficient (Wildman–Crippen LogP) is 6.60. The van der Waals surface area contributed by atoms with E-state index >= 15 is 0 Å². The van der Waals surface area contributed by atoms with E-state index in [4.69, 9.17) is 11.6 Å². The first kappa shape index (κ1) is 25.5. The minimum Gasteiger partial charge on any atom is -0.388 e. The van der Waals surface area contributed by atoms with Crippen molar-refractivity contribution in [2.45, 2.75) is 6.92 Å². The van der Waals surface area contributed by atoms with E-state index in [1.807, 2.05) is 62.0 Å². The monoisotopic (exact) mass is 527 g/mol. The fraction of sp³-hybridized carbons (Fsp3) is 0.233. The Balaban J connectivity index is 1.48. The van der Waals surface area contributed by atoms with Crippen LogP contribution in [0, 0.1) is 11.8 Å². The Morgan fingerprint density at radius 3 is 2.11 bits per heavy atom. The number of piperazine rings is 1. The summed E-state index contributed by atoms with van der Waals surface area (Å²) in [5, 5.41) is 6.58. The molecule has 2 heterocycles. The van der Waals surface area contributed by atoms with Gasteiger partial charge >= 0.3 is 5.91 Å². The van der Waals surface area contributed by atoms with E-state index in [1.165, 1.54) is 5.69 Å². The van der Waals surface area contributed by atoms with Crippen LogP contribution in [0.5, 0.6) is 0 Å². The van der Waals surface area contributed by atoms with Gasteiger partial charge in [-0.1, -0.05) is 35.9 Å². The zero-order valence-corrected chi connectivity index (χ0v) is 22.5. The minimum atomic E-state index is -0.767. The second-order valence-corrected chi connectivity index (χ2v) is 9.90. The molecule has 1 aliphatic heterocycles. The molecule has 0 saturated carbocycles. The Bertz CT molecular complexity index is 1470. The lowest BCUT2D eigenvalue weighted by Crippen LogP contribution is -2.46. The van der Waals surface area contributed by atoms with E-state index in [0.29, 0.717) is 21.8 Å². The summed E-state index contributed by atoms with van der Waals surface area (Å²) in [6.07, 6.45) is 0. The van der Waals surface area contributed by atoms with E-state index in [1.54, 1.807) is 0 Å². The van der Waals surface area contributed by atoms with Crippen molar-refractivity contribution in [1.82, 2.24) is 4.57 Å². The van der Waals surface area contributed by atoms with Crippen molar-refractivity contribution in [3.05, 3.63) is 94.0 Å². The number of carbonyl (C=O) groups is 1. The van der Waals surface area contributed by atoms with Crippen LogP contribution in [-0.4, -0.2) is 43.7 Å². The summed E-state index contributed by atoms with van der Waals surface area (Å²) in [7, 11) is 3.82. The molecule has 4 aromatic rings. The van der Waals surface area contributed by atoms with Gasteiger partial charge in [0, 0.05) is 78.8 Å². The number of rotatable bonds is 6. The third-order valence-electron chi connectivity index (χ3n) is 7.40. The lowest BCUT2D eigenvalue weighted by atomic mass is 9.96. The molecule has 38 heavy (non-hydrogen) atoms. The van der Waals surface area contributed by atoms with Crippen LogP contribution in [0.25, 0.3) is 22.4 Å². The molecule has 1 aromatic heterocycles. The lowest BCUT2D eigenvalue weighted by molar-refractivity contribution is 0.100. The largest absolute Gasteiger partial charge is 0.388 e. The van der Waals surface area contributed by atoms with Crippen molar-refractivity contribution >= 4 is 34.6 Å². The zero-order valence-electron chi connectivity index (χ0n) is 21.7. The van der Waals surface area contributed by atoms with Gasteiger partial charge in [0.25, 0.3) is 0 Å². The number of hydrogen-bond donors (Lipinski definition) is 1. The molecule has 1 saturated heterocycles. The summed E-state index contributed by atoms with van der Waals surface area (Å²) in [4.78, 5) is 28.9. The van der Waals surface area contributed by atoms with Gasteiger partial charge in [0.2, 0.25) is 0 Å². The van der Waals surface area contributed by atoms with Crippen molar-refractivity contribution in [2.75, 3.05) is 48.3 Å². The smallest absolute Gasteiger partial charge is 0.319 e. The molecule has 0 aliphatic carbocycles. The summed E-state index contributed by atoms with van der Waals surface area (Å²) < 4.78 is 1.95. The van der Waals surface area contributed by atoms with E-state index in [0.717, 1.165) is 54.4 Å². The molecular formula is C30H30ClN5O2. The standard InChI is InChI=1S/C30H30ClN5O2/c1-20-27(30(37)33-38)28(29(34(20)3)21-7-9-23(31)10-8-21)22-5-4-6-26(19-22)36-17-15-35(16-18-36)25-13-11-24(32-2)12-14-25/h4-14,19,32H,15-18H2,1-3H3. The van der Waals surface area contributed by atoms with Crippen LogP contribution < -0.4 is 15.1 Å². The lowest BCUT2D eigenvalue weighted by Gasteiger charge is -2.37. The second kappa shape index (κ2) is 10.7. The number of benzene rings is 3. The number of nitroso groups, excluding NO2 is 1. The molecule has 0 spiro atoms. The van der Waals surface area contributed by atoms with Gasteiger partial charge in [0.1, 0.15) is 0 Å². The molecule has 0 bridgehead atoms. The summed E-state index contributed by atoms with van der Waals surface area (Å²) in [5.41, 5.74) is 7.75. The van der Waals surface area contributed by atoms with Gasteiger partial charge in [-0.3, -0.25) is 4.79 Å². The minimum absolute atomic E-state index is 0.333. The average Bonchev–Trinajstić information content (AvgIpc) is 3.23. The highest BCUT2D eigenvalue weighted by molar-refractivity contribution is 6.30. The van der Waals surface area contributed by atoms with Crippen LogP contribution in [0.1, 0.15) is 16.1 Å². The first-order valence-corrected chi connectivity index (χ1v) is 13.0. The van der Waals surface area contributed by atoms with E-state index in [9.17, 15) is 9.70 Å². The van der Waals surface area contributed by atoms with E-state index < -0.39 is 5.91 Å². The number of nitrogens with one attached hydrogen (secondary N) is 1. The molecule has 0 unspecified atom stereocenters. The summed E-state index contributed by atoms with van der Waals surface area (Å²) >= 11 is 6.15. The van der Waals surface area contributed by atoms with Crippen LogP contribution in [0.15, 0.2) is 78.0 Å². The Morgan fingerprint density at radius 2 is 1.50 bits per heavy atom. The quantitative estimate of drug-likeness (QED) is 0.286. The average molecular weight is 528 g/mol. The Kier molecular flexibility index (Phi) is 7.20. The van der Waals surface area contributed by atoms with Crippen LogP contribution in [0.4, 0.5) is 17.1 Å². The molecular weight excluding hydrogens is 498 g/mol. The van der Waals surface area contributed by atoms with E-state index in [-0.39, 0.29) is 0 Å². The van der Waals surface area contributed by atoms with Crippen molar-refractivity contribution in [2.24, 2.45) is 12.2 Å². The van der Waals surface area contributed by atoms with Crippen LogP contribution >= 0.6 is 11.6 Å². The van der Waals surface area contributed by atoms with Crippen molar-refractivity contribution in [3.63, 3.8) is 0 Å². The number of carbonyl (C=O) groups excluding carboxylic acids is 1. The van der Waals surface area contributed by atoms with Crippen molar-refractivity contribution in [1.29, 1.82) is 0 Å². The van der Waals surface area contributed by atoms with Gasteiger partial charge in [-0.25, -0.2) is 0 Å². The molecule has 1 amide bonds. The van der Waals surface area contributed by atoms with Gasteiger partial charge in [-0.15, -0.1) is 4.91 Å². The van der Waals surface area contributed by atoms with Gasteiger partial charge in [-0.2, -0.15) is 0 Å². The summed E-state index contributed by atoms with van der Waals surface area (Å²) in [6.45, 7) is 5.39. The normalized spacial score (nSPS) is 13.5. The molecule has 0 atom stereocenters. The van der Waals surface area contributed by atoms with Crippen molar-refractivity contribution in [3.8, 4) is 22.4 Å². The maximum Gasteiger partial charge on any atom is 0.319 e. The third kappa shape index (κ3) is 4.77. The molecule has 7 nitrogen and oxygen atoms in total. The number of aromatic nitrogens is 1. The number of nitrogens with zero attached hydrogens (tertiary/aromatic N) is 4. The highest BCUT2D eigenvalue weighted by atomic mass is 35.5. The SMILES string of the molecule is CNc1ccc(N2CCN(c3cccc(-c4c(C(=O)N=O)c(C)n(C)c4-c4ccc(Cl)cc4)c3)CC2)cc1. The van der Waals surface area contributed by atoms with Gasteiger partial charge in [-0.05, 0) is 66.6 Å². The predicted molar refractivity (Wildman–Crippen MR) is 157 cm³/mol. The first-order valence-electron chi connectivity index (χ1n) is 12.6. The molecule has 194 valence electrons. The molecule has 1 aliphatic rings. The van der Waals surface area contributed by atoms with Crippen LogP contribution in [0.2, 0.25) is 5.02 Å². The van der Waals surface area contributed by atoms with E-state index in [2.05, 4.69) is 56.7 Å². The van der Waals surface area contributed by atoms with Crippen LogP contribution in [0.3, 0.4) is 0 Å². The maximum absolute atomic E-state index is 12.7. The summed E-state index contributed by atoms with van der Waals surface area (Å²) in [5.74, 6) is -0.767. The molecule has 1 N–H and O–H groups in total. The topological polar surface area (TPSA) is 69.9 Å². The highest BCUT2D eigenvalue weighted by Gasteiger charge is 2.27. The number of halogens is 1. The summed E-state index contributed by atoms with van der Waals surface area (Å²) in [6, 6.07) is 24.2. The Morgan fingerprint density at radius 1 is 0.868 bits per heavy atom. The molecule has 1 fully saturated rings. The number of amides is 1. The zero-order chi connectivity index (χ0) is 26.8. The first-order chi connectivity index (χ1) is 18.4. The van der Waals surface area contributed by atoms with Gasteiger partial charge in [0.05, 0.1) is 11.3 Å². The fourth-order valence-corrected chi connectivity index (χ4v) is 5.38. The van der Waals surface area contributed by atoms with Gasteiger partial charge < -0.3 is 19.7 Å². The van der Waals surface area contributed by atoms with Gasteiger partial charge in [0.15, 0.2) is 0 Å². The molecule has 8 heteroatoms. The molecule has 5 rings (SSSR count). The second-order valence-electron chi connectivity index (χ2n) is 9.47. The Labute approximate surface area is 227 Å². The number of anilines is 3. The third-order valence-corrected chi connectivity index (χ3v) is 7.65. The molecule has 3 aromatic carbocycles. The van der Waals surface area contributed by atoms with Crippen LogP contribution in [-0.2, 0) is 7.05 Å². The highest BCUT2D eigenvalue weighted by Crippen LogP contribution is 2.40. The molecule has 0 radical (unpaired) electrons. The number of hydrogen-bond acceptors (Lipinski definition) is 5. The van der Waals surface area contributed by atoms with Crippen molar-refractivity contribution < 1.29 is 4.79 Å². The Hall–Kier alpha value is -4.10.